The van der Waals surface area contributed by atoms with Gasteiger partial charge in [-0.25, -0.2) is 0 Å². The molecule has 3 heterocycles. The van der Waals surface area contributed by atoms with Gasteiger partial charge in [-0.1, -0.05) is 6.92 Å². The number of hydrogen-bond donors (Lipinski definition) is 0. The van der Waals surface area contributed by atoms with Gasteiger partial charge in [-0.05, 0) is 37.5 Å². The summed E-state index contributed by atoms with van der Waals surface area (Å²) in [7, 11) is 0. The fourth-order valence-electron chi connectivity index (χ4n) is 3.66. The summed E-state index contributed by atoms with van der Waals surface area (Å²) < 4.78 is 13.9. The molecule has 0 saturated heterocycles. The van der Waals surface area contributed by atoms with E-state index in [1.807, 2.05) is 0 Å². The monoisotopic (exact) mass is 308 g/mol. The minimum absolute atomic E-state index is 0.191. The molecule has 1 aromatic heterocycles. The third-order valence-corrected chi connectivity index (χ3v) is 4.97. The maximum Gasteiger partial charge on any atom is 0.163 e. The number of aromatic nitrogens is 1. The number of fused-ring (bicyclic) bond motifs is 4. The molecule has 4 heteroatoms. The molecular formula is C19H20N2O2. The van der Waals surface area contributed by atoms with Crippen LogP contribution in [0, 0.1) is 5.92 Å². The van der Waals surface area contributed by atoms with Crippen LogP contribution in [0.25, 0.3) is 5.69 Å². The summed E-state index contributed by atoms with van der Waals surface area (Å²) in [5.41, 5.74) is 4.93. The van der Waals surface area contributed by atoms with Gasteiger partial charge in [-0.15, -0.1) is 0 Å². The van der Waals surface area contributed by atoms with E-state index in [9.17, 15) is 0 Å². The Balaban J connectivity index is 1.76. The van der Waals surface area contributed by atoms with E-state index in [1.165, 1.54) is 35.5 Å². The average molecular weight is 308 g/mol. The second kappa shape index (κ2) is 4.88. The number of nitrogens with zero attached hydrogens (tertiary/aromatic N) is 2. The zero-order valence-electron chi connectivity index (χ0n) is 13.3. The van der Waals surface area contributed by atoms with Crippen LogP contribution in [0.15, 0.2) is 35.5 Å². The van der Waals surface area contributed by atoms with Gasteiger partial charge >= 0.3 is 0 Å². The highest BCUT2D eigenvalue weighted by Gasteiger charge is 2.34. The van der Waals surface area contributed by atoms with Crippen molar-refractivity contribution in [1.29, 1.82) is 0 Å². The Bertz CT molecular complexity index is 802. The van der Waals surface area contributed by atoms with E-state index in [0.717, 1.165) is 17.9 Å². The topological polar surface area (TPSA) is 35.8 Å². The molecule has 1 aromatic carbocycles. The second-order valence-corrected chi connectivity index (χ2v) is 6.53. The number of rotatable bonds is 2. The predicted octanol–water partition coefficient (Wildman–Crippen LogP) is 3.91. The number of benzene rings is 1. The summed E-state index contributed by atoms with van der Waals surface area (Å²) in [5.74, 6) is 2.33. The first-order valence-electron chi connectivity index (χ1n) is 8.54. The average Bonchev–Trinajstić information content (AvgIpc) is 3.33. The maximum atomic E-state index is 5.80. The van der Waals surface area contributed by atoms with Crippen molar-refractivity contribution in [3.63, 3.8) is 0 Å². The zero-order valence-corrected chi connectivity index (χ0v) is 13.3. The third-order valence-electron chi connectivity index (χ3n) is 4.97. The molecule has 1 fully saturated rings. The van der Waals surface area contributed by atoms with Crippen molar-refractivity contribution in [2.75, 3.05) is 13.2 Å². The van der Waals surface area contributed by atoms with E-state index < -0.39 is 0 Å². The van der Waals surface area contributed by atoms with Crippen LogP contribution in [-0.4, -0.2) is 23.5 Å². The van der Waals surface area contributed by atoms with Crippen LogP contribution in [-0.2, 0) is 0 Å². The van der Waals surface area contributed by atoms with Gasteiger partial charge in [0.15, 0.2) is 11.5 Å². The van der Waals surface area contributed by atoms with Crippen molar-refractivity contribution < 1.29 is 9.47 Å². The van der Waals surface area contributed by atoms with Crippen LogP contribution >= 0.6 is 0 Å². The minimum Gasteiger partial charge on any atom is -0.486 e. The molecule has 1 atom stereocenters. The third kappa shape index (κ3) is 2.01. The molecule has 0 N–H and O–H groups in total. The Hall–Kier alpha value is -2.23. The summed E-state index contributed by atoms with van der Waals surface area (Å²) in [4.78, 5) is 5.16. The molecule has 2 aliphatic heterocycles. The lowest BCUT2D eigenvalue weighted by Crippen LogP contribution is -2.16. The van der Waals surface area contributed by atoms with Gasteiger partial charge in [0.25, 0.3) is 0 Å². The molecule has 4 nitrogen and oxygen atoms in total. The van der Waals surface area contributed by atoms with E-state index >= 15 is 0 Å². The van der Waals surface area contributed by atoms with Gasteiger partial charge in [-0.2, -0.15) is 0 Å². The highest BCUT2D eigenvalue weighted by molar-refractivity contribution is 6.03. The molecule has 118 valence electrons. The molecule has 2 aromatic rings. The number of aliphatic imine (C=N–C) groups is 1. The molecule has 0 spiro atoms. The highest BCUT2D eigenvalue weighted by atomic mass is 16.6. The second-order valence-electron chi connectivity index (χ2n) is 6.53. The summed E-state index contributed by atoms with van der Waals surface area (Å²) in [5, 5.41) is 0. The lowest BCUT2D eigenvalue weighted by atomic mass is 10.0. The first-order chi connectivity index (χ1) is 11.3. The van der Waals surface area contributed by atoms with Gasteiger partial charge in [0, 0.05) is 23.7 Å². The first-order valence-corrected chi connectivity index (χ1v) is 8.54. The largest absolute Gasteiger partial charge is 0.486 e. The summed E-state index contributed by atoms with van der Waals surface area (Å²) in [6.07, 6.45) is 5.66. The number of hydrogen-bond acceptors (Lipinski definition) is 3. The molecule has 23 heavy (non-hydrogen) atoms. The highest BCUT2D eigenvalue weighted by Crippen LogP contribution is 2.43. The Kier molecular flexibility index (Phi) is 2.81. The maximum absolute atomic E-state index is 5.80. The predicted molar refractivity (Wildman–Crippen MR) is 89.1 cm³/mol. The van der Waals surface area contributed by atoms with Gasteiger partial charge < -0.3 is 14.0 Å². The molecule has 0 radical (unpaired) electrons. The van der Waals surface area contributed by atoms with Gasteiger partial charge in [0.2, 0.25) is 0 Å². The lowest BCUT2D eigenvalue weighted by Gasteiger charge is -2.23. The standard InChI is InChI=1S/C19H20N2O2/c1-2-14-13-10-17-18(23-9-8-22-17)11-16(13)21-7-3-4-15(21)19(20-14)12-5-6-12/h3-4,7,10-12,14H,2,5-6,8-9H2,1H3/t14-/m1/s1. The van der Waals surface area contributed by atoms with Crippen LogP contribution in [0.5, 0.6) is 11.5 Å². The fraction of sp³-hybridized carbons (Fsp3) is 0.421. The molecule has 5 rings (SSSR count). The zero-order chi connectivity index (χ0) is 15.4. The fourth-order valence-corrected chi connectivity index (χ4v) is 3.66. The molecular weight excluding hydrogens is 288 g/mol. The van der Waals surface area contributed by atoms with Crippen LogP contribution in [0.2, 0.25) is 0 Å². The normalized spacial score (nSPS) is 22.0. The quantitative estimate of drug-likeness (QED) is 0.843. The van der Waals surface area contributed by atoms with E-state index in [4.69, 9.17) is 14.5 Å². The van der Waals surface area contributed by atoms with Crippen LogP contribution < -0.4 is 9.47 Å². The van der Waals surface area contributed by atoms with Crippen LogP contribution in [0.3, 0.4) is 0 Å². The lowest BCUT2D eigenvalue weighted by molar-refractivity contribution is 0.171. The number of ether oxygens (including phenoxy) is 2. The van der Waals surface area contributed by atoms with Crippen molar-refractivity contribution in [3.8, 4) is 17.2 Å². The Labute approximate surface area is 135 Å². The van der Waals surface area contributed by atoms with Crippen LogP contribution in [0.1, 0.15) is 43.5 Å². The van der Waals surface area contributed by atoms with Gasteiger partial charge in [0.1, 0.15) is 13.2 Å². The van der Waals surface area contributed by atoms with Crippen molar-refractivity contribution in [2.24, 2.45) is 10.9 Å². The molecule has 0 unspecified atom stereocenters. The first kappa shape index (κ1) is 13.2. The van der Waals surface area contributed by atoms with Gasteiger partial charge in [-0.3, -0.25) is 4.99 Å². The van der Waals surface area contributed by atoms with Crippen molar-refractivity contribution in [3.05, 3.63) is 41.7 Å². The van der Waals surface area contributed by atoms with Crippen molar-refractivity contribution >= 4 is 5.71 Å². The molecule has 0 amide bonds. The van der Waals surface area contributed by atoms with E-state index in [0.29, 0.717) is 19.1 Å². The van der Waals surface area contributed by atoms with E-state index in [-0.39, 0.29) is 6.04 Å². The summed E-state index contributed by atoms with van der Waals surface area (Å²) in [6.45, 7) is 3.44. The minimum atomic E-state index is 0.191. The molecule has 1 saturated carbocycles. The molecule has 3 aliphatic rings. The summed E-state index contributed by atoms with van der Waals surface area (Å²) >= 11 is 0. The van der Waals surface area contributed by atoms with E-state index in [2.05, 4.69) is 42.0 Å². The Morgan fingerprint density at radius 2 is 1.96 bits per heavy atom. The van der Waals surface area contributed by atoms with Crippen molar-refractivity contribution in [1.82, 2.24) is 4.57 Å². The van der Waals surface area contributed by atoms with Crippen LogP contribution in [0.4, 0.5) is 0 Å². The Morgan fingerprint density at radius 1 is 1.17 bits per heavy atom. The smallest absolute Gasteiger partial charge is 0.163 e. The molecule has 0 bridgehead atoms. The summed E-state index contributed by atoms with van der Waals surface area (Å²) in [6, 6.07) is 8.76. The molecule has 1 aliphatic carbocycles. The van der Waals surface area contributed by atoms with Crippen molar-refractivity contribution in [2.45, 2.75) is 32.2 Å². The van der Waals surface area contributed by atoms with Gasteiger partial charge in [0.05, 0.1) is 23.1 Å². The SMILES string of the molecule is CC[C@H]1N=C(C2CC2)c2cccn2-c2cc3c(cc21)OCCO3. The Morgan fingerprint density at radius 3 is 2.70 bits per heavy atom. The van der Waals surface area contributed by atoms with E-state index in [1.54, 1.807) is 0 Å².